The molecule has 0 spiro atoms. The van der Waals surface area contributed by atoms with Gasteiger partial charge in [-0.1, -0.05) is 64.7 Å². The number of amides is 1. The van der Waals surface area contributed by atoms with Crippen LogP contribution < -0.4 is 4.74 Å². The minimum absolute atomic E-state index is 0.142. The van der Waals surface area contributed by atoms with Gasteiger partial charge < -0.3 is 9.64 Å². The lowest BCUT2D eigenvalue weighted by Gasteiger charge is -2.27. The number of hydrogen-bond donors (Lipinski definition) is 0. The average Bonchev–Trinajstić information content (AvgIpc) is 2.59. The number of para-hydroxylation sites is 1. The van der Waals surface area contributed by atoms with Gasteiger partial charge in [-0.3, -0.25) is 4.79 Å². The van der Waals surface area contributed by atoms with Crippen molar-refractivity contribution in [3.63, 3.8) is 0 Å². The van der Waals surface area contributed by atoms with E-state index in [9.17, 15) is 4.79 Å². The number of unbranched alkanes of at least 4 members (excludes halogenated alkanes) is 4. The van der Waals surface area contributed by atoms with Crippen LogP contribution in [0.2, 0.25) is 0 Å². The van der Waals surface area contributed by atoms with Crippen LogP contribution in [0.3, 0.4) is 0 Å². The van der Waals surface area contributed by atoms with Crippen molar-refractivity contribution in [1.82, 2.24) is 4.90 Å². The number of nitrogens with zero attached hydrogens (tertiary/aromatic N) is 1. The van der Waals surface area contributed by atoms with Crippen LogP contribution in [0.25, 0.3) is 0 Å². The quantitative estimate of drug-likeness (QED) is 0.504. The Labute approximate surface area is 142 Å². The second-order valence-corrected chi connectivity index (χ2v) is 6.07. The summed E-state index contributed by atoms with van der Waals surface area (Å²) in [7, 11) is 0. The fourth-order valence-corrected chi connectivity index (χ4v) is 2.61. The van der Waals surface area contributed by atoms with Crippen LogP contribution in [-0.2, 0) is 4.79 Å². The number of rotatable bonds is 12. The Morgan fingerprint density at radius 3 is 2.00 bits per heavy atom. The van der Waals surface area contributed by atoms with E-state index in [2.05, 4.69) is 13.8 Å². The zero-order valence-corrected chi connectivity index (χ0v) is 15.1. The number of carbonyl (C=O) groups excluding carboxylic acids is 1. The van der Waals surface area contributed by atoms with Gasteiger partial charge in [0.2, 0.25) is 0 Å². The molecule has 0 bridgehead atoms. The summed E-state index contributed by atoms with van der Waals surface area (Å²) in [5, 5.41) is 0. The fraction of sp³-hybridized carbons (Fsp3) is 0.650. The van der Waals surface area contributed by atoms with Crippen molar-refractivity contribution in [2.75, 3.05) is 13.1 Å². The molecule has 1 rings (SSSR count). The van der Waals surface area contributed by atoms with Crippen LogP contribution in [0.4, 0.5) is 0 Å². The Morgan fingerprint density at radius 2 is 1.52 bits per heavy atom. The number of carbonyl (C=O) groups is 1. The van der Waals surface area contributed by atoms with Gasteiger partial charge in [-0.15, -0.1) is 0 Å². The van der Waals surface area contributed by atoms with E-state index in [1.54, 1.807) is 0 Å². The molecule has 1 atom stereocenters. The van der Waals surface area contributed by atoms with Gasteiger partial charge in [-0.25, -0.2) is 0 Å². The van der Waals surface area contributed by atoms with Gasteiger partial charge in [0, 0.05) is 13.1 Å². The lowest BCUT2D eigenvalue weighted by atomic mass is 10.1. The summed E-state index contributed by atoms with van der Waals surface area (Å²) in [6, 6.07) is 9.65. The fourth-order valence-electron chi connectivity index (χ4n) is 2.61. The summed E-state index contributed by atoms with van der Waals surface area (Å²) < 4.78 is 5.93. The minimum Gasteiger partial charge on any atom is -0.481 e. The maximum Gasteiger partial charge on any atom is 0.263 e. The Bertz CT molecular complexity index is 409. The highest BCUT2D eigenvalue weighted by Crippen LogP contribution is 2.15. The predicted molar refractivity (Wildman–Crippen MR) is 96.8 cm³/mol. The smallest absolute Gasteiger partial charge is 0.263 e. The molecule has 130 valence electrons. The van der Waals surface area contributed by atoms with E-state index in [0.29, 0.717) is 6.42 Å². The molecule has 0 saturated heterocycles. The molecule has 0 radical (unpaired) electrons. The molecule has 1 aromatic rings. The van der Waals surface area contributed by atoms with Crippen molar-refractivity contribution in [3.8, 4) is 5.75 Å². The molecule has 0 aromatic heterocycles. The first-order chi connectivity index (χ1) is 11.2. The van der Waals surface area contributed by atoms with Crippen molar-refractivity contribution in [2.45, 2.75) is 71.8 Å². The van der Waals surface area contributed by atoms with Crippen molar-refractivity contribution in [1.29, 1.82) is 0 Å². The lowest BCUT2D eigenvalue weighted by molar-refractivity contribution is -0.139. The third kappa shape index (κ3) is 7.54. The summed E-state index contributed by atoms with van der Waals surface area (Å²) >= 11 is 0. The first kappa shape index (κ1) is 19.5. The van der Waals surface area contributed by atoms with Crippen molar-refractivity contribution in [2.24, 2.45) is 0 Å². The highest BCUT2D eigenvalue weighted by Gasteiger charge is 2.24. The van der Waals surface area contributed by atoms with Crippen molar-refractivity contribution < 1.29 is 9.53 Å². The molecule has 23 heavy (non-hydrogen) atoms. The summed E-state index contributed by atoms with van der Waals surface area (Å²) in [5.74, 6) is 0.915. The third-order valence-electron chi connectivity index (χ3n) is 4.04. The Balaban J connectivity index is 2.65. The van der Waals surface area contributed by atoms with Crippen LogP contribution in [0.5, 0.6) is 5.75 Å². The lowest BCUT2D eigenvalue weighted by Crippen LogP contribution is -2.42. The van der Waals surface area contributed by atoms with Crippen LogP contribution in [0.1, 0.15) is 65.7 Å². The van der Waals surface area contributed by atoms with E-state index >= 15 is 0 Å². The molecule has 0 aliphatic carbocycles. The molecule has 0 saturated carbocycles. The minimum atomic E-state index is -0.374. The summed E-state index contributed by atoms with van der Waals surface area (Å²) in [6.07, 6.45) is 7.18. The molecule has 0 aliphatic heterocycles. The average molecular weight is 319 g/mol. The van der Waals surface area contributed by atoms with Gasteiger partial charge in [0.15, 0.2) is 6.10 Å². The Hall–Kier alpha value is -1.51. The summed E-state index contributed by atoms with van der Waals surface area (Å²) in [4.78, 5) is 14.9. The van der Waals surface area contributed by atoms with E-state index in [4.69, 9.17) is 4.74 Å². The number of benzene rings is 1. The van der Waals surface area contributed by atoms with Gasteiger partial charge in [0.25, 0.3) is 5.91 Å². The van der Waals surface area contributed by atoms with E-state index in [1.807, 2.05) is 42.2 Å². The second kappa shape index (κ2) is 12.0. The molecular weight excluding hydrogens is 286 g/mol. The molecule has 0 aliphatic rings. The first-order valence-electron chi connectivity index (χ1n) is 9.23. The standard InChI is InChI=1S/C20H33NO2/c1-4-7-12-16-21(17-13-8-5-2)20(22)19(6-3)23-18-14-10-9-11-15-18/h9-11,14-15,19H,4-8,12-13,16-17H2,1-3H3. The van der Waals surface area contributed by atoms with Crippen LogP contribution in [0.15, 0.2) is 30.3 Å². The van der Waals surface area contributed by atoms with Gasteiger partial charge >= 0.3 is 0 Å². The van der Waals surface area contributed by atoms with E-state index in [0.717, 1.165) is 31.7 Å². The summed E-state index contributed by atoms with van der Waals surface area (Å²) in [5.41, 5.74) is 0. The molecule has 0 heterocycles. The molecule has 0 N–H and O–H groups in total. The molecule has 1 unspecified atom stereocenters. The number of hydrogen-bond acceptors (Lipinski definition) is 2. The predicted octanol–water partition coefficient (Wildman–Crippen LogP) is 5.05. The van der Waals surface area contributed by atoms with Crippen molar-refractivity contribution >= 4 is 5.91 Å². The highest BCUT2D eigenvalue weighted by molar-refractivity contribution is 5.81. The number of ether oxygens (including phenoxy) is 1. The first-order valence-corrected chi connectivity index (χ1v) is 9.23. The molecule has 3 nitrogen and oxygen atoms in total. The topological polar surface area (TPSA) is 29.5 Å². The van der Waals surface area contributed by atoms with Crippen LogP contribution in [0, 0.1) is 0 Å². The SMILES string of the molecule is CCCCCN(CCCCC)C(=O)C(CC)Oc1ccccc1. The monoisotopic (exact) mass is 319 g/mol. The molecule has 1 amide bonds. The normalized spacial score (nSPS) is 12.0. The van der Waals surface area contributed by atoms with Gasteiger partial charge in [-0.2, -0.15) is 0 Å². The van der Waals surface area contributed by atoms with Gasteiger partial charge in [0.1, 0.15) is 5.75 Å². The maximum atomic E-state index is 12.9. The Kier molecular flexibility index (Phi) is 10.2. The zero-order valence-electron chi connectivity index (χ0n) is 15.1. The largest absolute Gasteiger partial charge is 0.481 e. The zero-order chi connectivity index (χ0) is 16.9. The molecular formula is C20H33NO2. The maximum absolute atomic E-state index is 12.9. The van der Waals surface area contributed by atoms with E-state index in [1.165, 1.54) is 25.7 Å². The van der Waals surface area contributed by atoms with Crippen LogP contribution >= 0.6 is 0 Å². The van der Waals surface area contributed by atoms with Crippen molar-refractivity contribution in [3.05, 3.63) is 30.3 Å². The second-order valence-electron chi connectivity index (χ2n) is 6.07. The summed E-state index contributed by atoms with van der Waals surface area (Å²) in [6.45, 7) is 8.10. The third-order valence-corrected chi connectivity index (χ3v) is 4.04. The van der Waals surface area contributed by atoms with E-state index in [-0.39, 0.29) is 12.0 Å². The van der Waals surface area contributed by atoms with Crippen LogP contribution in [-0.4, -0.2) is 30.0 Å². The molecule has 1 aromatic carbocycles. The Morgan fingerprint density at radius 1 is 0.957 bits per heavy atom. The van der Waals surface area contributed by atoms with E-state index < -0.39 is 0 Å². The van der Waals surface area contributed by atoms with Gasteiger partial charge in [-0.05, 0) is 31.4 Å². The highest BCUT2D eigenvalue weighted by atomic mass is 16.5. The van der Waals surface area contributed by atoms with Gasteiger partial charge in [0.05, 0.1) is 0 Å². The molecule has 0 fully saturated rings. The molecule has 3 heteroatoms.